The summed E-state index contributed by atoms with van der Waals surface area (Å²) in [5.41, 5.74) is 2.51. The second kappa shape index (κ2) is 4.73. The quantitative estimate of drug-likeness (QED) is 0.622. The van der Waals surface area contributed by atoms with E-state index in [2.05, 4.69) is 5.32 Å². The van der Waals surface area contributed by atoms with E-state index in [4.69, 9.17) is 5.11 Å². The predicted molar refractivity (Wildman–Crippen MR) is 64.4 cm³/mol. The van der Waals surface area contributed by atoms with E-state index in [1.165, 1.54) is 6.07 Å². The van der Waals surface area contributed by atoms with Crippen LogP contribution in [0.4, 0.5) is 5.69 Å². The summed E-state index contributed by atoms with van der Waals surface area (Å²) in [6.45, 7) is 2.29. The number of aliphatic carboxylic acids is 1. The molecule has 0 aromatic heterocycles. The maximum atomic E-state index is 11.0. The highest BCUT2D eigenvalue weighted by Crippen LogP contribution is 2.29. The third-order valence-electron chi connectivity index (χ3n) is 3.30. The summed E-state index contributed by atoms with van der Waals surface area (Å²) in [6.07, 6.45) is 0.835. The number of carboxylic acids is 1. The summed E-state index contributed by atoms with van der Waals surface area (Å²) >= 11 is 0. The summed E-state index contributed by atoms with van der Waals surface area (Å²) in [6, 6.07) is 2.54. The summed E-state index contributed by atoms with van der Waals surface area (Å²) < 4.78 is 0. The Kier molecular flexibility index (Phi) is 3.29. The van der Waals surface area contributed by atoms with E-state index in [1.807, 2.05) is 6.92 Å². The lowest BCUT2D eigenvalue weighted by molar-refractivity contribution is -0.385. The van der Waals surface area contributed by atoms with Crippen LogP contribution in [-0.4, -0.2) is 22.0 Å². The number of carbonyl (C=O) groups is 1. The Labute approximate surface area is 104 Å². The first-order valence-corrected chi connectivity index (χ1v) is 5.78. The Morgan fingerprint density at radius 1 is 1.61 bits per heavy atom. The number of carboxylic acid groups (broad SMARTS) is 1. The van der Waals surface area contributed by atoms with Gasteiger partial charge >= 0.3 is 5.97 Å². The van der Waals surface area contributed by atoms with Crippen molar-refractivity contribution in [1.29, 1.82) is 0 Å². The largest absolute Gasteiger partial charge is 0.480 e. The van der Waals surface area contributed by atoms with E-state index in [0.717, 1.165) is 11.1 Å². The fraction of sp³-hybridized carbons (Fsp3) is 0.417. The molecule has 0 fully saturated rings. The minimum absolute atomic E-state index is 0.0855. The van der Waals surface area contributed by atoms with Gasteiger partial charge in [0.05, 0.1) is 4.92 Å². The standard InChI is InChI=1S/C12H14N2O4/c1-2-8-9-5-10(12(15)16)13-6-7(9)3-4-11(8)14(17)18/h3-4,10,13H,2,5-6H2,1H3,(H,15,16). The molecule has 0 radical (unpaired) electrons. The van der Waals surface area contributed by atoms with Gasteiger partial charge in [-0.1, -0.05) is 13.0 Å². The van der Waals surface area contributed by atoms with Gasteiger partial charge in [-0.25, -0.2) is 0 Å². The van der Waals surface area contributed by atoms with Gasteiger partial charge in [0.15, 0.2) is 0 Å². The molecule has 0 bridgehead atoms. The van der Waals surface area contributed by atoms with Crippen LogP contribution >= 0.6 is 0 Å². The average molecular weight is 250 g/mol. The number of hydrogen-bond acceptors (Lipinski definition) is 4. The second-order valence-corrected chi connectivity index (χ2v) is 4.29. The molecular formula is C12H14N2O4. The number of hydrogen-bond donors (Lipinski definition) is 2. The molecule has 0 saturated carbocycles. The van der Waals surface area contributed by atoms with Crippen LogP contribution in [0.25, 0.3) is 0 Å². The van der Waals surface area contributed by atoms with Crippen molar-refractivity contribution in [3.63, 3.8) is 0 Å². The molecule has 6 nitrogen and oxygen atoms in total. The first-order valence-electron chi connectivity index (χ1n) is 5.78. The lowest BCUT2D eigenvalue weighted by Gasteiger charge is -2.25. The van der Waals surface area contributed by atoms with E-state index in [-0.39, 0.29) is 5.69 Å². The summed E-state index contributed by atoms with van der Waals surface area (Å²) in [5.74, 6) is -0.922. The van der Waals surface area contributed by atoms with Crippen LogP contribution in [0.3, 0.4) is 0 Å². The Hall–Kier alpha value is -1.95. The Bertz CT molecular complexity index is 513. The van der Waals surface area contributed by atoms with Crippen LogP contribution in [0.1, 0.15) is 23.6 Å². The normalized spacial score (nSPS) is 18.2. The monoisotopic (exact) mass is 250 g/mol. The third kappa shape index (κ3) is 2.06. The predicted octanol–water partition coefficient (Wildman–Crippen LogP) is 1.26. The van der Waals surface area contributed by atoms with Crippen LogP contribution in [-0.2, 0) is 24.2 Å². The molecule has 2 rings (SSSR count). The highest BCUT2D eigenvalue weighted by Gasteiger charge is 2.28. The lowest BCUT2D eigenvalue weighted by Crippen LogP contribution is -2.42. The molecule has 0 spiro atoms. The maximum absolute atomic E-state index is 11.0. The van der Waals surface area contributed by atoms with Gasteiger partial charge in [0, 0.05) is 18.2 Å². The molecule has 1 aromatic carbocycles. The van der Waals surface area contributed by atoms with Crippen LogP contribution in [0.15, 0.2) is 12.1 Å². The lowest BCUT2D eigenvalue weighted by atomic mass is 9.89. The molecule has 1 heterocycles. The molecule has 0 aliphatic carbocycles. The van der Waals surface area contributed by atoms with Gasteiger partial charge in [0.25, 0.3) is 5.69 Å². The van der Waals surface area contributed by atoms with Crippen LogP contribution in [0, 0.1) is 10.1 Å². The number of rotatable bonds is 3. The summed E-state index contributed by atoms with van der Waals surface area (Å²) in [5, 5.41) is 22.9. The number of benzene rings is 1. The first kappa shape index (κ1) is 12.5. The molecule has 6 heteroatoms. The zero-order chi connectivity index (χ0) is 13.3. The van der Waals surface area contributed by atoms with E-state index in [1.54, 1.807) is 6.07 Å². The summed E-state index contributed by atoms with van der Waals surface area (Å²) in [4.78, 5) is 21.5. The van der Waals surface area contributed by atoms with Crippen molar-refractivity contribution >= 4 is 11.7 Å². The number of nitro groups is 1. The van der Waals surface area contributed by atoms with Gasteiger partial charge in [0.2, 0.25) is 0 Å². The average Bonchev–Trinajstić information content (AvgIpc) is 2.36. The Morgan fingerprint density at radius 2 is 2.33 bits per heavy atom. The zero-order valence-corrected chi connectivity index (χ0v) is 9.97. The summed E-state index contributed by atoms with van der Waals surface area (Å²) in [7, 11) is 0. The van der Waals surface area contributed by atoms with E-state index < -0.39 is 16.9 Å². The molecule has 0 amide bonds. The van der Waals surface area contributed by atoms with Gasteiger partial charge in [-0.05, 0) is 24.0 Å². The van der Waals surface area contributed by atoms with Crippen molar-refractivity contribution in [1.82, 2.24) is 5.32 Å². The van der Waals surface area contributed by atoms with E-state index >= 15 is 0 Å². The molecule has 1 atom stereocenters. The van der Waals surface area contributed by atoms with Crippen LogP contribution < -0.4 is 5.32 Å². The van der Waals surface area contributed by atoms with Gasteiger partial charge in [0.1, 0.15) is 6.04 Å². The van der Waals surface area contributed by atoms with E-state index in [0.29, 0.717) is 24.9 Å². The van der Waals surface area contributed by atoms with Crippen molar-refractivity contribution in [2.75, 3.05) is 0 Å². The number of nitro benzene ring substituents is 1. The Morgan fingerprint density at radius 3 is 2.89 bits per heavy atom. The second-order valence-electron chi connectivity index (χ2n) is 4.29. The van der Waals surface area contributed by atoms with Gasteiger partial charge in [-0.3, -0.25) is 14.9 Å². The highest BCUT2D eigenvalue weighted by molar-refractivity contribution is 5.74. The smallest absolute Gasteiger partial charge is 0.321 e. The fourth-order valence-corrected chi connectivity index (χ4v) is 2.40. The van der Waals surface area contributed by atoms with Crippen molar-refractivity contribution in [2.24, 2.45) is 0 Å². The number of nitrogens with one attached hydrogen (secondary N) is 1. The number of fused-ring (bicyclic) bond motifs is 1. The topological polar surface area (TPSA) is 92.5 Å². The molecule has 1 aliphatic heterocycles. The van der Waals surface area contributed by atoms with Crippen LogP contribution in [0.5, 0.6) is 0 Å². The molecule has 1 aliphatic rings. The third-order valence-corrected chi connectivity index (χ3v) is 3.30. The zero-order valence-electron chi connectivity index (χ0n) is 9.97. The van der Waals surface area contributed by atoms with Crippen molar-refractivity contribution in [2.45, 2.75) is 32.4 Å². The van der Waals surface area contributed by atoms with Crippen molar-refractivity contribution in [3.8, 4) is 0 Å². The van der Waals surface area contributed by atoms with Crippen molar-refractivity contribution < 1.29 is 14.8 Å². The molecule has 0 saturated heterocycles. The minimum atomic E-state index is -0.922. The maximum Gasteiger partial charge on any atom is 0.321 e. The highest BCUT2D eigenvalue weighted by atomic mass is 16.6. The molecule has 2 N–H and O–H groups in total. The van der Waals surface area contributed by atoms with Crippen molar-refractivity contribution in [3.05, 3.63) is 38.9 Å². The molecule has 1 unspecified atom stereocenters. The minimum Gasteiger partial charge on any atom is -0.480 e. The molecule has 18 heavy (non-hydrogen) atoms. The number of nitrogens with zero attached hydrogens (tertiary/aromatic N) is 1. The first-order chi connectivity index (χ1) is 8.54. The van der Waals surface area contributed by atoms with E-state index in [9.17, 15) is 14.9 Å². The van der Waals surface area contributed by atoms with Crippen LogP contribution in [0.2, 0.25) is 0 Å². The van der Waals surface area contributed by atoms with Gasteiger partial charge in [-0.15, -0.1) is 0 Å². The fourth-order valence-electron chi connectivity index (χ4n) is 2.40. The SMILES string of the molecule is CCc1c([N+](=O)[O-])ccc2c1CC(C(=O)O)NC2. The van der Waals surface area contributed by atoms with Gasteiger partial charge < -0.3 is 10.4 Å². The molecule has 96 valence electrons. The Balaban J connectivity index is 2.49. The van der Waals surface area contributed by atoms with Gasteiger partial charge in [-0.2, -0.15) is 0 Å². The molecule has 1 aromatic rings. The molecular weight excluding hydrogens is 236 g/mol.